The number of ether oxygens (including phenoxy) is 1. The van der Waals surface area contributed by atoms with Gasteiger partial charge in [-0.1, -0.05) is 6.92 Å². The molecule has 0 spiro atoms. The van der Waals surface area contributed by atoms with Crippen LogP contribution in [0.25, 0.3) is 0 Å². The quantitative estimate of drug-likeness (QED) is 0.540. The Balaban J connectivity index is 1.82. The Kier molecular flexibility index (Phi) is 3.51. The fraction of sp³-hybridized carbons (Fsp3) is 0.800. The van der Waals surface area contributed by atoms with Gasteiger partial charge in [-0.15, -0.1) is 0 Å². The first kappa shape index (κ1) is 14.5. The molecular weight excluding hydrogens is 272 g/mol. The molecule has 1 heterocycles. The van der Waals surface area contributed by atoms with E-state index in [9.17, 15) is 14.4 Å². The molecule has 0 aromatic rings. The van der Waals surface area contributed by atoms with Gasteiger partial charge in [-0.2, -0.15) is 0 Å². The maximum Gasteiger partial charge on any atom is 0.328 e. The minimum atomic E-state index is -0.924. The summed E-state index contributed by atoms with van der Waals surface area (Å²) in [5.74, 6) is -0.695. The minimum Gasteiger partial charge on any atom is -0.468 e. The lowest BCUT2D eigenvalue weighted by Crippen LogP contribution is -2.62. The van der Waals surface area contributed by atoms with Crippen LogP contribution in [0.2, 0.25) is 0 Å². The molecule has 0 radical (unpaired) electrons. The number of likely N-dealkylation sites (tertiary alicyclic amines) is 1. The minimum absolute atomic E-state index is 0.114. The van der Waals surface area contributed by atoms with Gasteiger partial charge in [0.15, 0.2) is 0 Å². The molecule has 0 bridgehead atoms. The standard InChI is InChI=1S/C15H22N2O4/c1-3-6-16-15(9-4-5-9,14(20)21-2)8-17-12(18)10-7-11(10)13(17)19/h9-11,16H,3-8H2,1-2H3. The largest absolute Gasteiger partial charge is 0.468 e. The third kappa shape index (κ3) is 2.25. The fourth-order valence-electron chi connectivity index (χ4n) is 3.39. The van der Waals surface area contributed by atoms with Crippen molar-refractivity contribution in [1.29, 1.82) is 0 Å². The molecule has 3 fully saturated rings. The van der Waals surface area contributed by atoms with Gasteiger partial charge in [-0.3, -0.25) is 14.5 Å². The maximum absolute atomic E-state index is 12.4. The van der Waals surface area contributed by atoms with Gasteiger partial charge in [0.25, 0.3) is 0 Å². The molecule has 6 nitrogen and oxygen atoms in total. The van der Waals surface area contributed by atoms with E-state index in [1.165, 1.54) is 12.0 Å². The summed E-state index contributed by atoms with van der Waals surface area (Å²) in [6, 6.07) is 0. The van der Waals surface area contributed by atoms with Crippen molar-refractivity contribution in [3.05, 3.63) is 0 Å². The third-order valence-electron chi connectivity index (χ3n) is 4.88. The summed E-state index contributed by atoms with van der Waals surface area (Å²) >= 11 is 0. The zero-order valence-corrected chi connectivity index (χ0v) is 12.6. The van der Waals surface area contributed by atoms with E-state index in [0.717, 1.165) is 19.3 Å². The molecule has 0 aromatic carbocycles. The second kappa shape index (κ2) is 5.09. The number of imide groups is 1. The third-order valence-corrected chi connectivity index (χ3v) is 4.88. The van der Waals surface area contributed by atoms with Gasteiger partial charge >= 0.3 is 5.97 Å². The summed E-state index contributed by atoms with van der Waals surface area (Å²) in [6.45, 7) is 2.80. The van der Waals surface area contributed by atoms with Crippen LogP contribution in [0.1, 0.15) is 32.6 Å². The molecule has 3 unspecified atom stereocenters. The lowest BCUT2D eigenvalue weighted by Gasteiger charge is -2.35. The van der Waals surface area contributed by atoms with Crippen molar-refractivity contribution >= 4 is 17.8 Å². The molecule has 2 amide bonds. The molecule has 2 saturated carbocycles. The number of hydrogen-bond donors (Lipinski definition) is 1. The number of piperidine rings is 1. The number of fused-ring (bicyclic) bond motifs is 1. The van der Waals surface area contributed by atoms with Gasteiger partial charge in [0.1, 0.15) is 5.54 Å². The van der Waals surface area contributed by atoms with Gasteiger partial charge in [-0.25, -0.2) is 4.79 Å². The number of methoxy groups -OCH3 is 1. The number of esters is 1. The highest BCUT2D eigenvalue weighted by Gasteiger charge is 2.62. The zero-order valence-electron chi connectivity index (χ0n) is 12.6. The lowest BCUT2D eigenvalue weighted by atomic mass is 9.91. The molecule has 21 heavy (non-hydrogen) atoms. The SMILES string of the molecule is CCCNC(CN1C(=O)C2CC2C1=O)(C(=O)OC)C1CC1. The highest BCUT2D eigenvalue weighted by atomic mass is 16.5. The van der Waals surface area contributed by atoms with E-state index in [1.54, 1.807) is 0 Å². The first-order valence-electron chi connectivity index (χ1n) is 7.73. The Morgan fingerprint density at radius 2 is 1.95 bits per heavy atom. The van der Waals surface area contributed by atoms with Gasteiger partial charge in [0.05, 0.1) is 25.5 Å². The van der Waals surface area contributed by atoms with Crippen LogP contribution < -0.4 is 5.32 Å². The van der Waals surface area contributed by atoms with Crippen LogP contribution in [0.4, 0.5) is 0 Å². The van der Waals surface area contributed by atoms with Crippen molar-refractivity contribution in [2.75, 3.05) is 20.2 Å². The van der Waals surface area contributed by atoms with E-state index in [0.29, 0.717) is 13.0 Å². The Bertz CT molecular complexity index is 468. The number of amides is 2. The average molecular weight is 294 g/mol. The molecule has 3 atom stereocenters. The second-order valence-corrected chi connectivity index (χ2v) is 6.38. The number of carbonyl (C=O) groups excluding carboxylic acids is 3. The van der Waals surface area contributed by atoms with E-state index in [1.807, 2.05) is 6.92 Å². The first-order valence-corrected chi connectivity index (χ1v) is 7.73. The summed E-state index contributed by atoms with van der Waals surface area (Å²) in [6.07, 6.45) is 3.41. The predicted molar refractivity (Wildman–Crippen MR) is 74.1 cm³/mol. The van der Waals surface area contributed by atoms with Crippen LogP contribution in [0, 0.1) is 17.8 Å². The smallest absolute Gasteiger partial charge is 0.328 e. The number of hydrogen-bond acceptors (Lipinski definition) is 5. The van der Waals surface area contributed by atoms with Crippen molar-refractivity contribution < 1.29 is 19.1 Å². The Hall–Kier alpha value is -1.43. The molecular formula is C15H22N2O4. The first-order chi connectivity index (χ1) is 10.0. The van der Waals surface area contributed by atoms with Crippen LogP contribution in [0.3, 0.4) is 0 Å². The summed E-state index contributed by atoms with van der Waals surface area (Å²) in [4.78, 5) is 38.0. The van der Waals surface area contributed by atoms with Crippen LogP contribution in [-0.4, -0.2) is 48.4 Å². The van der Waals surface area contributed by atoms with Gasteiger partial charge in [0, 0.05) is 0 Å². The van der Waals surface area contributed by atoms with Crippen molar-refractivity contribution in [3.8, 4) is 0 Å². The van der Waals surface area contributed by atoms with E-state index in [-0.39, 0.29) is 42.1 Å². The molecule has 1 N–H and O–H groups in total. The van der Waals surface area contributed by atoms with Crippen LogP contribution >= 0.6 is 0 Å². The van der Waals surface area contributed by atoms with Crippen molar-refractivity contribution in [3.63, 3.8) is 0 Å². The Labute approximate surface area is 124 Å². The summed E-state index contributed by atoms with van der Waals surface area (Å²) in [5.41, 5.74) is -0.924. The molecule has 1 saturated heterocycles. The summed E-state index contributed by atoms with van der Waals surface area (Å²) in [7, 11) is 1.36. The number of nitrogens with zero attached hydrogens (tertiary/aromatic N) is 1. The van der Waals surface area contributed by atoms with Crippen LogP contribution in [-0.2, 0) is 19.1 Å². The Morgan fingerprint density at radius 3 is 2.43 bits per heavy atom. The van der Waals surface area contributed by atoms with Gasteiger partial charge in [-0.05, 0) is 38.1 Å². The molecule has 0 aromatic heterocycles. The molecule has 2 aliphatic carbocycles. The summed E-state index contributed by atoms with van der Waals surface area (Å²) < 4.78 is 4.98. The molecule has 3 rings (SSSR count). The van der Waals surface area contributed by atoms with Gasteiger partial charge in [0.2, 0.25) is 11.8 Å². The predicted octanol–water partition coefficient (Wildman–Crippen LogP) is 0.313. The fourth-order valence-corrected chi connectivity index (χ4v) is 3.39. The molecule has 116 valence electrons. The van der Waals surface area contributed by atoms with Crippen molar-refractivity contribution in [1.82, 2.24) is 10.2 Å². The number of carbonyl (C=O) groups is 3. The lowest BCUT2D eigenvalue weighted by molar-refractivity contribution is -0.153. The molecule has 6 heteroatoms. The van der Waals surface area contributed by atoms with E-state index < -0.39 is 5.54 Å². The van der Waals surface area contributed by atoms with Crippen molar-refractivity contribution in [2.45, 2.75) is 38.1 Å². The van der Waals surface area contributed by atoms with Crippen LogP contribution in [0.5, 0.6) is 0 Å². The highest BCUT2D eigenvalue weighted by molar-refractivity contribution is 6.09. The van der Waals surface area contributed by atoms with E-state index in [2.05, 4.69) is 5.32 Å². The topological polar surface area (TPSA) is 75.7 Å². The second-order valence-electron chi connectivity index (χ2n) is 6.38. The van der Waals surface area contributed by atoms with Crippen LogP contribution in [0.15, 0.2) is 0 Å². The summed E-state index contributed by atoms with van der Waals surface area (Å²) in [5, 5.41) is 3.27. The average Bonchev–Trinajstić information content (AvgIpc) is 3.37. The van der Waals surface area contributed by atoms with Gasteiger partial charge < -0.3 is 10.1 Å². The normalized spacial score (nSPS) is 30.1. The van der Waals surface area contributed by atoms with E-state index in [4.69, 9.17) is 4.74 Å². The van der Waals surface area contributed by atoms with Crippen molar-refractivity contribution in [2.24, 2.45) is 17.8 Å². The highest BCUT2D eigenvalue weighted by Crippen LogP contribution is 2.49. The monoisotopic (exact) mass is 294 g/mol. The molecule has 3 aliphatic rings. The maximum atomic E-state index is 12.4. The van der Waals surface area contributed by atoms with E-state index >= 15 is 0 Å². The Morgan fingerprint density at radius 1 is 1.33 bits per heavy atom. The molecule has 1 aliphatic heterocycles. The number of rotatable bonds is 7. The zero-order chi connectivity index (χ0) is 15.2. The number of nitrogens with one attached hydrogen (secondary N) is 1.